The van der Waals surface area contributed by atoms with Crippen molar-refractivity contribution in [3.8, 4) is 0 Å². The summed E-state index contributed by atoms with van der Waals surface area (Å²) in [6.45, 7) is 2.69. The molecule has 1 unspecified atom stereocenters. The highest BCUT2D eigenvalue weighted by Gasteiger charge is 2.14. The molecule has 1 saturated carbocycles. The Morgan fingerprint density at radius 3 is 2.75 bits per heavy atom. The molecule has 3 N–H and O–H groups in total. The first-order chi connectivity index (χ1) is 7.68. The average molecular weight is 226 g/mol. The van der Waals surface area contributed by atoms with Crippen molar-refractivity contribution in [1.82, 2.24) is 5.32 Å². The fourth-order valence-corrected chi connectivity index (χ4v) is 2.38. The molecule has 16 heavy (non-hydrogen) atoms. The van der Waals surface area contributed by atoms with Crippen LogP contribution in [0.4, 0.5) is 0 Å². The summed E-state index contributed by atoms with van der Waals surface area (Å²) < 4.78 is 0. The molecule has 3 heteroatoms. The number of carbonyl (C=O) groups is 1. The minimum absolute atomic E-state index is 0.179. The lowest BCUT2D eigenvalue weighted by atomic mass is 10.0. The Labute approximate surface area is 99.2 Å². The fraction of sp³-hybridized carbons (Fsp3) is 0.923. The first kappa shape index (κ1) is 13.5. The topological polar surface area (TPSA) is 55.1 Å². The minimum atomic E-state index is 0.179. The lowest BCUT2D eigenvalue weighted by molar-refractivity contribution is -0.121. The molecule has 0 bridgehead atoms. The van der Waals surface area contributed by atoms with Gasteiger partial charge in [-0.2, -0.15) is 0 Å². The van der Waals surface area contributed by atoms with Gasteiger partial charge in [0.05, 0.1) is 0 Å². The van der Waals surface area contributed by atoms with Gasteiger partial charge in [0.15, 0.2) is 0 Å². The maximum atomic E-state index is 11.4. The van der Waals surface area contributed by atoms with Crippen LogP contribution < -0.4 is 11.1 Å². The quantitative estimate of drug-likeness (QED) is 0.699. The van der Waals surface area contributed by atoms with Gasteiger partial charge in [-0.1, -0.05) is 25.7 Å². The molecule has 0 aliphatic heterocycles. The van der Waals surface area contributed by atoms with E-state index < -0.39 is 0 Å². The van der Waals surface area contributed by atoms with Gasteiger partial charge in [-0.25, -0.2) is 0 Å². The van der Waals surface area contributed by atoms with Crippen LogP contribution in [0, 0.1) is 5.92 Å². The van der Waals surface area contributed by atoms with Crippen LogP contribution in [-0.2, 0) is 4.79 Å². The molecule has 0 radical (unpaired) electrons. The van der Waals surface area contributed by atoms with Crippen LogP contribution in [0.3, 0.4) is 0 Å². The smallest absolute Gasteiger partial charge is 0.219 e. The Morgan fingerprint density at radius 2 is 2.12 bits per heavy atom. The number of rotatable bonds is 7. The van der Waals surface area contributed by atoms with Crippen LogP contribution in [0.15, 0.2) is 0 Å². The Bertz CT molecular complexity index is 198. The predicted molar refractivity (Wildman–Crippen MR) is 67.1 cm³/mol. The lowest BCUT2D eigenvalue weighted by Gasteiger charge is -2.09. The van der Waals surface area contributed by atoms with Gasteiger partial charge in [0.2, 0.25) is 5.91 Å². The average Bonchev–Trinajstić information content (AvgIpc) is 2.70. The molecule has 1 fully saturated rings. The Balaban J connectivity index is 1.93. The van der Waals surface area contributed by atoms with E-state index in [1.165, 1.54) is 32.1 Å². The summed E-state index contributed by atoms with van der Waals surface area (Å²) in [4.78, 5) is 11.4. The summed E-state index contributed by atoms with van der Waals surface area (Å²) in [6, 6.07) is 0.179. The molecular weight excluding hydrogens is 200 g/mol. The second-order valence-corrected chi connectivity index (χ2v) is 5.16. The number of nitrogens with one attached hydrogen (secondary N) is 1. The Kier molecular flexibility index (Phi) is 6.46. The van der Waals surface area contributed by atoms with Gasteiger partial charge in [-0.3, -0.25) is 4.79 Å². The van der Waals surface area contributed by atoms with Crippen LogP contribution in [0.5, 0.6) is 0 Å². The van der Waals surface area contributed by atoms with E-state index in [0.717, 1.165) is 25.3 Å². The minimum Gasteiger partial charge on any atom is -0.356 e. The van der Waals surface area contributed by atoms with Crippen LogP contribution in [-0.4, -0.2) is 18.5 Å². The van der Waals surface area contributed by atoms with Gasteiger partial charge in [-0.05, 0) is 32.1 Å². The van der Waals surface area contributed by atoms with Crippen LogP contribution in [0.1, 0.15) is 58.3 Å². The maximum Gasteiger partial charge on any atom is 0.219 e. The normalized spacial score (nSPS) is 18.6. The van der Waals surface area contributed by atoms with Crippen molar-refractivity contribution in [2.24, 2.45) is 11.7 Å². The molecule has 3 nitrogen and oxygen atoms in total. The van der Waals surface area contributed by atoms with Gasteiger partial charge in [-0.15, -0.1) is 0 Å². The van der Waals surface area contributed by atoms with Gasteiger partial charge in [0.1, 0.15) is 0 Å². The number of nitrogens with two attached hydrogens (primary N) is 1. The molecular formula is C13H26N2O. The lowest BCUT2D eigenvalue weighted by Crippen LogP contribution is -2.28. The van der Waals surface area contributed by atoms with Gasteiger partial charge < -0.3 is 11.1 Å². The zero-order valence-electron chi connectivity index (χ0n) is 10.5. The standard InChI is InChI=1S/C13H26N2O/c1-11(14)9-10-15-13(16)8-4-7-12-5-2-3-6-12/h11-12H,2-10,14H2,1H3,(H,15,16). The molecule has 0 saturated heterocycles. The molecule has 0 spiro atoms. The van der Waals surface area contributed by atoms with Crippen molar-refractivity contribution in [1.29, 1.82) is 0 Å². The highest BCUT2D eigenvalue weighted by atomic mass is 16.1. The van der Waals surface area contributed by atoms with E-state index in [0.29, 0.717) is 6.42 Å². The molecule has 1 aliphatic carbocycles. The summed E-state index contributed by atoms with van der Waals surface area (Å²) in [7, 11) is 0. The summed E-state index contributed by atoms with van der Waals surface area (Å²) in [6.07, 6.45) is 9.40. The van der Waals surface area contributed by atoms with Crippen molar-refractivity contribution >= 4 is 5.91 Å². The SMILES string of the molecule is CC(N)CCNC(=O)CCCC1CCCC1. The van der Waals surface area contributed by atoms with Gasteiger partial charge in [0, 0.05) is 19.0 Å². The second-order valence-electron chi connectivity index (χ2n) is 5.16. The van der Waals surface area contributed by atoms with Crippen molar-refractivity contribution in [2.45, 2.75) is 64.3 Å². The van der Waals surface area contributed by atoms with Crippen LogP contribution in [0.25, 0.3) is 0 Å². The zero-order chi connectivity index (χ0) is 11.8. The zero-order valence-corrected chi connectivity index (χ0v) is 10.5. The van der Waals surface area contributed by atoms with Crippen LogP contribution >= 0.6 is 0 Å². The predicted octanol–water partition coefficient (Wildman–Crippen LogP) is 2.20. The molecule has 1 aliphatic rings. The van der Waals surface area contributed by atoms with E-state index in [-0.39, 0.29) is 11.9 Å². The highest BCUT2D eigenvalue weighted by Crippen LogP contribution is 2.28. The van der Waals surface area contributed by atoms with E-state index in [4.69, 9.17) is 5.73 Å². The third-order valence-electron chi connectivity index (χ3n) is 3.41. The van der Waals surface area contributed by atoms with E-state index in [1.54, 1.807) is 0 Å². The van der Waals surface area contributed by atoms with Gasteiger partial charge in [0.25, 0.3) is 0 Å². The monoisotopic (exact) mass is 226 g/mol. The van der Waals surface area contributed by atoms with Crippen molar-refractivity contribution in [3.05, 3.63) is 0 Å². The summed E-state index contributed by atoms with van der Waals surface area (Å²) in [5, 5.41) is 2.92. The summed E-state index contributed by atoms with van der Waals surface area (Å²) in [5.41, 5.74) is 5.61. The van der Waals surface area contributed by atoms with E-state index in [9.17, 15) is 4.79 Å². The van der Waals surface area contributed by atoms with Crippen LogP contribution in [0.2, 0.25) is 0 Å². The molecule has 0 heterocycles. The highest BCUT2D eigenvalue weighted by molar-refractivity contribution is 5.75. The number of hydrogen-bond acceptors (Lipinski definition) is 2. The molecule has 1 atom stereocenters. The largest absolute Gasteiger partial charge is 0.356 e. The van der Waals surface area contributed by atoms with E-state index in [1.807, 2.05) is 6.92 Å². The number of carbonyl (C=O) groups excluding carboxylic acids is 1. The maximum absolute atomic E-state index is 11.4. The van der Waals surface area contributed by atoms with E-state index in [2.05, 4.69) is 5.32 Å². The number of amides is 1. The van der Waals surface area contributed by atoms with Crippen molar-refractivity contribution in [3.63, 3.8) is 0 Å². The molecule has 0 aromatic heterocycles. The Morgan fingerprint density at radius 1 is 1.44 bits per heavy atom. The summed E-state index contributed by atoms with van der Waals surface area (Å²) in [5.74, 6) is 1.09. The molecule has 1 rings (SSSR count). The van der Waals surface area contributed by atoms with Crippen molar-refractivity contribution in [2.75, 3.05) is 6.54 Å². The first-order valence-corrected chi connectivity index (χ1v) is 6.70. The third kappa shape index (κ3) is 6.11. The molecule has 0 aromatic carbocycles. The van der Waals surface area contributed by atoms with E-state index >= 15 is 0 Å². The van der Waals surface area contributed by atoms with Crippen molar-refractivity contribution < 1.29 is 4.79 Å². The summed E-state index contributed by atoms with van der Waals surface area (Å²) >= 11 is 0. The molecule has 94 valence electrons. The fourth-order valence-electron chi connectivity index (χ4n) is 2.38. The Hall–Kier alpha value is -0.570. The molecule has 1 amide bonds. The number of hydrogen-bond donors (Lipinski definition) is 2. The second kappa shape index (κ2) is 7.66. The first-order valence-electron chi connectivity index (χ1n) is 6.70. The molecule has 0 aromatic rings. The third-order valence-corrected chi connectivity index (χ3v) is 3.41. The van der Waals surface area contributed by atoms with Gasteiger partial charge >= 0.3 is 0 Å².